The first-order valence-electron chi connectivity index (χ1n) is 8.83. The second-order valence-electron chi connectivity index (χ2n) is 6.92. The summed E-state index contributed by atoms with van der Waals surface area (Å²) in [6, 6.07) is 13.5. The Morgan fingerprint density at radius 3 is 2.69 bits per heavy atom. The average molecular weight is 372 g/mol. The van der Waals surface area contributed by atoms with Crippen molar-refractivity contribution < 1.29 is 14.3 Å². The van der Waals surface area contributed by atoms with Gasteiger partial charge in [-0.2, -0.15) is 0 Å². The lowest BCUT2D eigenvalue weighted by Crippen LogP contribution is -2.50. The standard InChI is InChI=1S/C20H24N2O3S/c21-18(23)13-20(15-25-16-6-2-1-3-7-16)9-5-10-22(14-20)19(24)12-17-8-4-11-26-17/h1-4,6-8,11H,5,9-10,12-15H2,(H2,21,23). The van der Waals surface area contributed by atoms with Crippen LogP contribution in [0.5, 0.6) is 5.75 Å². The molecule has 1 atom stereocenters. The van der Waals surface area contributed by atoms with Crippen molar-refractivity contribution in [3.8, 4) is 5.75 Å². The van der Waals surface area contributed by atoms with Gasteiger partial charge < -0.3 is 15.4 Å². The van der Waals surface area contributed by atoms with Gasteiger partial charge in [0.05, 0.1) is 13.0 Å². The van der Waals surface area contributed by atoms with Crippen LogP contribution in [-0.4, -0.2) is 36.4 Å². The molecule has 0 saturated carbocycles. The maximum atomic E-state index is 12.7. The SMILES string of the molecule is NC(=O)CC1(COc2ccccc2)CCCN(C(=O)Cc2cccs2)C1. The van der Waals surface area contributed by atoms with Gasteiger partial charge in [0, 0.05) is 29.8 Å². The highest BCUT2D eigenvalue weighted by Crippen LogP contribution is 2.34. The summed E-state index contributed by atoms with van der Waals surface area (Å²) in [7, 11) is 0. The van der Waals surface area contributed by atoms with E-state index in [1.54, 1.807) is 11.3 Å². The normalized spacial score (nSPS) is 19.9. The molecule has 1 unspecified atom stereocenters. The molecule has 2 amide bonds. The molecule has 1 aliphatic rings. The zero-order valence-corrected chi connectivity index (χ0v) is 15.5. The quantitative estimate of drug-likeness (QED) is 0.812. The topological polar surface area (TPSA) is 72.6 Å². The first kappa shape index (κ1) is 18.5. The number of benzene rings is 1. The van der Waals surface area contributed by atoms with Gasteiger partial charge in [0.1, 0.15) is 5.75 Å². The zero-order valence-electron chi connectivity index (χ0n) is 14.7. The minimum Gasteiger partial charge on any atom is -0.493 e. The van der Waals surface area contributed by atoms with Crippen molar-refractivity contribution in [1.82, 2.24) is 4.90 Å². The Bertz CT molecular complexity index is 733. The number of carbonyl (C=O) groups is 2. The lowest BCUT2D eigenvalue weighted by atomic mass is 9.77. The number of piperidine rings is 1. The number of hydrogen-bond donors (Lipinski definition) is 1. The van der Waals surface area contributed by atoms with Crippen LogP contribution < -0.4 is 10.5 Å². The van der Waals surface area contributed by atoms with Gasteiger partial charge in [-0.3, -0.25) is 9.59 Å². The van der Waals surface area contributed by atoms with Gasteiger partial charge in [-0.1, -0.05) is 24.3 Å². The number of carbonyl (C=O) groups excluding carboxylic acids is 2. The van der Waals surface area contributed by atoms with E-state index in [2.05, 4.69) is 0 Å². The van der Waals surface area contributed by atoms with E-state index in [1.165, 1.54) is 0 Å². The van der Waals surface area contributed by atoms with E-state index in [9.17, 15) is 9.59 Å². The second kappa shape index (κ2) is 8.36. The van der Waals surface area contributed by atoms with Crippen LogP contribution in [0.3, 0.4) is 0 Å². The summed E-state index contributed by atoms with van der Waals surface area (Å²) in [5.74, 6) is 0.508. The number of nitrogens with two attached hydrogens (primary N) is 1. The number of likely N-dealkylation sites (tertiary alicyclic amines) is 1. The molecule has 0 bridgehead atoms. The van der Waals surface area contributed by atoms with Crippen molar-refractivity contribution in [3.05, 3.63) is 52.7 Å². The number of hydrogen-bond acceptors (Lipinski definition) is 4. The highest BCUT2D eigenvalue weighted by atomic mass is 32.1. The molecule has 1 fully saturated rings. The van der Waals surface area contributed by atoms with Crippen molar-refractivity contribution in [2.75, 3.05) is 19.7 Å². The monoisotopic (exact) mass is 372 g/mol. The Morgan fingerprint density at radius 2 is 2.00 bits per heavy atom. The fourth-order valence-corrected chi connectivity index (χ4v) is 4.23. The van der Waals surface area contributed by atoms with Crippen molar-refractivity contribution in [2.24, 2.45) is 11.1 Å². The summed E-state index contributed by atoms with van der Waals surface area (Å²) in [6.07, 6.45) is 2.31. The Labute approximate surface area is 157 Å². The molecule has 0 aliphatic carbocycles. The third-order valence-electron chi connectivity index (χ3n) is 4.76. The minimum atomic E-state index is -0.426. The molecule has 1 saturated heterocycles. The first-order chi connectivity index (χ1) is 12.6. The maximum absolute atomic E-state index is 12.7. The number of ether oxygens (including phenoxy) is 1. The Kier molecular flexibility index (Phi) is 5.93. The molecular formula is C20H24N2O3S. The Balaban J connectivity index is 1.69. The van der Waals surface area contributed by atoms with Crippen molar-refractivity contribution in [3.63, 3.8) is 0 Å². The summed E-state index contributed by atoms with van der Waals surface area (Å²) in [5, 5.41) is 1.98. The van der Waals surface area contributed by atoms with Crippen LogP contribution in [0.15, 0.2) is 47.8 Å². The van der Waals surface area contributed by atoms with E-state index in [0.717, 1.165) is 30.0 Å². The molecule has 2 heterocycles. The van der Waals surface area contributed by atoms with Crippen molar-refractivity contribution in [1.29, 1.82) is 0 Å². The van der Waals surface area contributed by atoms with E-state index in [0.29, 0.717) is 19.6 Å². The number of rotatable bonds is 7. The molecular weight excluding hydrogens is 348 g/mol. The molecule has 6 heteroatoms. The van der Waals surface area contributed by atoms with Crippen LogP contribution in [0.1, 0.15) is 24.1 Å². The molecule has 26 heavy (non-hydrogen) atoms. The van der Waals surface area contributed by atoms with Crippen LogP contribution in [-0.2, 0) is 16.0 Å². The van der Waals surface area contributed by atoms with Crippen LogP contribution in [0, 0.1) is 5.41 Å². The maximum Gasteiger partial charge on any atom is 0.227 e. The highest BCUT2D eigenvalue weighted by molar-refractivity contribution is 7.10. The van der Waals surface area contributed by atoms with Crippen LogP contribution in [0.25, 0.3) is 0 Å². The Hall–Kier alpha value is -2.34. The van der Waals surface area contributed by atoms with Gasteiger partial charge in [0.15, 0.2) is 0 Å². The molecule has 1 aliphatic heterocycles. The predicted octanol–water partition coefficient (Wildman–Crippen LogP) is 2.85. The summed E-state index contributed by atoms with van der Waals surface area (Å²) in [6.45, 7) is 1.60. The number of amides is 2. The average Bonchev–Trinajstić information content (AvgIpc) is 3.13. The first-order valence-corrected chi connectivity index (χ1v) is 9.71. The molecule has 5 nitrogen and oxygen atoms in total. The van der Waals surface area contributed by atoms with Crippen LogP contribution in [0.4, 0.5) is 0 Å². The number of para-hydroxylation sites is 1. The van der Waals surface area contributed by atoms with E-state index < -0.39 is 5.41 Å². The molecule has 0 radical (unpaired) electrons. The third-order valence-corrected chi connectivity index (χ3v) is 5.63. The molecule has 1 aromatic heterocycles. The largest absolute Gasteiger partial charge is 0.493 e. The summed E-state index contributed by atoms with van der Waals surface area (Å²) >= 11 is 1.59. The van der Waals surface area contributed by atoms with E-state index in [-0.39, 0.29) is 18.2 Å². The highest BCUT2D eigenvalue weighted by Gasteiger charge is 2.39. The fraction of sp³-hybridized carbons (Fsp3) is 0.400. The third kappa shape index (κ3) is 4.85. The van der Waals surface area contributed by atoms with Crippen molar-refractivity contribution >= 4 is 23.2 Å². The van der Waals surface area contributed by atoms with E-state index >= 15 is 0 Å². The lowest BCUT2D eigenvalue weighted by Gasteiger charge is -2.42. The van der Waals surface area contributed by atoms with Gasteiger partial charge in [-0.25, -0.2) is 0 Å². The van der Waals surface area contributed by atoms with Gasteiger partial charge >= 0.3 is 0 Å². The summed E-state index contributed by atoms with van der Waals surface area (Å²) in [4.78, 5) is 27.3. The van der Waals surface area contributed by atoms with Gasteiger partial charge in [0.2, 0.25) is 11.8 Å². The van der Waals surface area contributed by atoms with Gasteiger partial charge in [0.25, 0.3) is 0 Å². The van der Waals surface area contributed by atoms with E-state index in [1.807, 2.05) is 52.7 Å². The molecule has 2 aromatic rings. The zero-order chi connectivity index (χ0) is 18.4. The molecule has 3 rings (SSSR count). The number of nitrogens with zero attached hydrogens (tertiary/aromatic N) is 1. The number of primary amides is 1. The van der Waals surface area contributed by atoms with E-state index in [4.69, 9.17) is 10.5 Å². The molecule has 0 spiro atoms. The minimum absolute atomic E-state index is 0.0979. The summed E-state index contributed by atoms with van der Waals surface area (Å²) < 4.78 is 5.94. The second-order valence-corrected chi connectivity index (χ2v) is 7.95. The Morgan fingerprint density at radius 1 is 1.19 bits per heavy atom. The van der Waals surface area contributed by atoms with Gasteiger partial charge in [-0.15, -0.1) is 11.3 Å². The van der Waals surface area contributed by atoms with Crippen LogP contribution in [0.2, 0.25) is 0 Å². The summed E-state index contributed by atoms with van der Waals surface area (Å²) in [5.41, 5.74) is 5.09. The smallest absolute Gasteiger partial charge is 0.227 e. The fourth-order valence-electron chi connectivity index (χ4n) is 3.53. The molecule has 2 N–H and O–H groups in total. The predicted molar refractivity (Wildman–Crippen MR) is 102 cm³/mol. The number of thiophene rings is 1. The van der Waals surface area contributed by atoms with Crippen molar-refractivity contribution in [2.45, 2.75) is 25.7 Å². The lowest BCUT2D eigenvalue weighted by molar-refractivity contribution is -0.136. The molecule has 1 aromatic carbocycles. The molecule has 138 valence electrons. The van der Waals surface area contributed by atoms with Gasteiger partial charge in [-0.05, 0) is 36.4 Å². The van der Waals surface area contributed by atoms with Crippen LogP contribution >= 0.6 is 11.3 Å².